The zero-order valence-corrected chi connectivity index (χ0v) is 20.7. The van der Waals surface area contributed by atoms with Gasteiger partial charge in [-0.25, -0.2) is 4.99 Å². The number of hydrogen-bond donors (Lipinski definition) is 0. The molecule has 0 spiro atoms. The summed E-state index contributed by atoms with van der Waals surface area (Å²) in [6, 6.07) is 10.6. The SMILES string of the molecule is CCCCCCCC/C=C/CCCCCCCCSCC1COC(c2ccccc2)=N1. The van der Waals surface area contributed by atoms with Crippen LogP contribution in [0.2, 0.25) is 0 Å². The van der Waals surface area contributed by atoms with Gasteiger partial charge in [0.15, 0.2) is 0 Å². The van der Waals surface area contributed by atoms with E-state index in [1.54, 1.807) is 0 Å². The van der Waals surface area contributed by atoms with Gasteiger partial charge in [0, 0.05) is 11.3 Å². The summed E-state index contributed by atoms with van der Waals surface area (Å²) in [6.07, 6.45) is 24.1. The summed E-state index contributed by atoms with van der Waals surface area (Å²) in [4.78, 5) is 4.74. The van der Waals surface area contributed by atoms with E-state index < -0.39 is 0 Å². The summed E-state index contributed by atoms with van der Waals surface area (Å²) in [5.41, 5.74) is 1.10. The van der Waals surface area contributed by atoms with Gasteiger partial charge in [-0.3, -0.25) is 0 Å². The van der Waals surface area contributed by atoms with Crippen molar-refractivity contribution in [1.29, 1.82) is 0 Å². The molecule has 1 aliphatic heterocycles. The lowest BCUT2D eigenvalue weighted by Gasteiger charge is -2.05. The largest absolute Gasteiger partial charge is 0.475 e. The molecule has 1 atom stereocenters. The number of ether oxygens (including phenoxy) is 1. The first kappa shape index (κ1) is 26.0. The normalized spacial score (nSPS) is 16.0. The van der Waals surface area contributed by atoms with Crippen LogP contribution in [0.15, 0.2) is 47.5 Å². The molecule has 31 heavy (non-hydrogen) atoms. The van der Waals surface area contributed by atoms with Crippen molar-refractivity contribution in [2.75, 3.05) is 18.1 Å². The third kappa shape index (κ3) is 13.0. The molecule has 0 radical (unpaired) electrons. The molecule has 0 saturated carbocycles. The maximum Gasteiger partial charge on any atom is 0.216 e. The van der Waals surface area contributed by atoms with Gasteiger partial charge in [0.2, 0.25) is 5.90 Å². The lowest BCUT2D eigenvalue weighted by atomic mass is 10.1. The minimum atomic E-state index is 0.328. The molecular weight excluding hydrogens is 398 g/mol. The summed E-state index contributed by atoms with van der Waals surface area (Å²) in [6.45, 7) is 3.03. The van der Waals surface area contributed by atoms with Gasteiger partial charge in [0.1, 0.15) is 6.61 Å². The number of nitrogens with zero attached hydrogens (tertiary/aromatic N) is 1. The van der Waals surface area contributed by atoms with E-state index in [2.05, 4.69) is 31.2 Å². The maximum absolute atomic E-state index is 5.77. The van der Waals surface area contributed by atoms with E-state index in [4.69, 9.17) is 9.73 Å². The fourth-order valence-electron chi connectivity index (χ4n) is 3.91. The van der Waals surface area contributed by atoms with Crippen LogP contribution in [0.1, 0.15) is 102 Å². The van der Waals surface area contributed by atoms with E-state index in [1.165, 1.54) is 95.6 Å². The van der Waals surface area contributed by atoms with Gasteiger partial charge >= 0.3 is 0 Å². The van der Waals surface area contributed by atoms with Crippen LogP contribution in [0.3, 0.4) is 0 Å². The average Bonchev–Trinajstić information content (AvgIpc) is 3.28. The highest BCUT2D eigenvalue weighted by molar-refractivity contribution is 7.99. The van der Waals surface area contributed by atoms with E-state index in [-0.39, 0.29) is 0 Å². The molecule has 0 bridgehead atoms. The van der Waals surface area contributed by atoms with Crippen LogP contribution in [0.5, 0.6) is 0 Å². The molecule has 0 aliphatic carbocycles. The Bertz CT molecular complexity index is 598. The van der Waals surface area contributed by atoms with Crippen LogP contribution < -0.4 is 0 Å². The Balaban J connectivity index is 1.32. The molecule has 1 aliphatic rings. The van der Waals surface area contributed by atoms with E-state index in [0.717, 1.165) is 23.8 Å². The van der Waals surface area contributed by atoms with Crippen molar-refractivity contribution in [1.82, 2.24) is 0 Å². The van der Waals surface area contributed by atoms with Gasteiger partial charge in [-0.15, -0.1) is 0 Å². The Morgan fingerprint density at radius 2 is 1.45 bits per heavy atom. The van der Waals surface area contributed by atoms with Crippen LogP contribution >= 0.6 is 11.8 Å². The maximum atomic E-state index is 5.77. The second-order valence-electron chi connectivity index (χ2n) is 8.78. The predicted octanol–water partition coefficient (Wildman–Crippen LogP) is 8.60. The number of allylic oxidation sites excluding steroid dienone is 2. The first-order valence-corrected chi connectivity index (χ1v) is 14.0. The topological polar surface area (TPSA) is 21.6 Å². The molecule has 0 saturated heterocycles. The monoisotopic (exact) mass is 443 g/mol. The molecule has 174 valence electrons. The van der Waals surface area contributed by atoms with Crippen molar-refractivity contribution in [3.63, 3.8) is 0 Å². The summed E-state index contributed by atoms with van der Waals surface area (Å²) in [7, 11) is 0. The van der Waals surface area contributed by atoms with Crippen molar-refractivity contribution in [3.05, 3.63) is 48.0 Å². The summed E-state index contributed by atoms with van der Waals surface area (Å²) in [5.74, 6) is 3.17. The number of unbranched alkanes of at least 4 members (excludes halogenated alkanes) is 12. The van der Waals surface area contributed by atoms with Crippen molar-refractivity contribution >= 4 is 17.7 Å². The van der Waals surface area contributed by atoms with Gasteiger partial charge in [0.05, 0.1) is 6.04 Å². The van der Waals surface area contributed by atoms with Crippen LogP contribution in [0.25, 0.3) is 0 Å². The van der Waals surface area contributed by atoms with Gasteiger partial charge in [-0.2, -0.15) is 11.8 Å². The molecule has 0 fully saturated rings. The van der Waals surface area contributed by atoms with Gasteiger partial charge in [0.25, 0.3) is 0 Å². The molecule has 1 aromatic rings. The van der Waals surface area contributed by atoms with E-state index >= 15 is 0 Å². The quantitative estimate of drug-likeness (QED) is 0.158. The fourth-order valence-corrected chi connectivity index (χ4v) is 4.93. The second kappa shape index (κ2) is 18.4. The van der Waals surface area contributed by atoms with Crippen LogP contribution in [0, 0.1) is 0 Å². The summed E-state index contributed by atoms with van der Waals surface area (Å²) in [5, 5.41) is 0. The van der Waals surface area contributed by atoms with E-state index in [9.17, 15) is 0 Å². The van der Waals surface area contributed by atoms with Gasteiger partial charge < -0.3 is 4.74 Å². The first-order valence-electron chi connectivity index (χ1n) is 12.9. The molecule has 0 aromatic heterocycles. The Labute approximate surface area is 196 Å². The molecule has 1 heterocycles. The zero-order valence-electron chi connectivity index (χ0n) is 19.9. The van der Waals surface area contributed by atoms with E-state index in [1.807, 2.05) is 30.0 Å². The highest BCUT2D eigenvalue weighted by Crippen LogP contribution is 2.17. The van der Waals surface area contributed by atoms with Crippen LogP contribution in [-0.4, -0.2) is 30.1 Å². The molecule has 0 N–H and O–H groups in total. The van der Waals surface area contributed by atoms with E-state index in [0.29, 0.717) is 6.04 Å². The Kier molecular flexibility index (Phi) is 15.4. The Morgan fingerprint density at radius 1 is 0.839 bits per heavy atom. The molecule has 1 unspecified atom stereocenters. The van der Waals surface area contributed by atoms with Crippen molar-refractivity contribution in [3.8, 4) is 0 Å². The predicted molar refractivity (Wildman–Crippen MR) is 139 cm³/mol. The third-order valence-electron chi connectivity index (χ3n) is 5.84. The fraction of sp³-hybridized carbons (Fsp3) is 0.679. The number of thioether (sulfide) groups is 1. The lowest BCUT2D eigenvalue weighted by Crippen LogP contribution is -2.09. The zero-order chi connectivity index (χ0) is 21.8. The number of aliphatic imine (C=N–C) groups is 1. The minimum Gasteiger partial charge on any atom is -0.475 e. The van der Waals surface area contributed by atoms with Gasteiger partial charge in [-0.05, 0) is 50.0 Å². The summed E-state index contributed by atoms with van der Waals surface area (Å²) < 4.78 is 5.77. The molecule has 1 aromatic carbocycles. The van der Waals surface area contributed by atoms with Crippen LogP contribution in [-0.2, 0) is 4.74 Å². The van der Waals surface area contributed by atoms with Gasteiger partial charge in [-0.1, -0.05) is 95.1 Å². The average molecular weight is 444 g/mol. The number of hydrogen-bond acceptors (Lipinski definition) is 3. The number of benzene rings is 1. The van der Waals surface area contributed by atoms with Crippen molar-refractivity contribution in [2.24, 2.45) is 4.99 Å². The molecule has 3 heteroatoms. The standard InChI is InChI=1S/C28H45NOS/c1-2-3-4-5-6-7-8-9-10-11-12-13-14-15-16-20-23-31-25-27-24-30-28(29-27)26-21-18-17-19-22-26/h9-10,17-19,21-22,27H,2-8,11-16,20,23-25H2,1H3/b10-9+. The molecular formula is C28H45NOS. The first-order chi connectivity index (χ1) is 15.4. The second-order valence-corrected chi connectivity index (χ2v) is 9.93. The third-order valence-corrected chi connectivity index (χ3v) is 7.04. The molecule has 2 rings (SSSR count). The smallest absolute Gasteiger partial charge is 0.216 e. The van der Waals surface area contributed by atoms with Crippen molar-refractivity contribution < 1.29 is 4.74 Å². The molecule has 2 nitrogen and oxygen atoms in total. The minimum absolute atomic E-state index is 0.328. The Morgan fingerprint density at radius 3 is 2.13 bits per heavy atom. The lowest BCUT2D eigenvalue weighted by molar-refractivity contribution is 0.325. The highest BCUT2D eigenvalue weighted by atomic mass is 32.2. The highest BCUT2D eigenvalue weighted by Gasteiger charge is 2.19. The Hall–Kier alpha value is -1.22. The van der Waals surface area contributed by atoms with Crippen molar-refractivity contribution in [2.45, 2.75) is 103 Å². The summed E-state index contributed by atoms with van der Waals surface area (Å²) >= 11 is 2.04. The molecule has 0 amide bonds. The van der Waals surface area contributed by atoms with Crippen LogP contribution in [0.4, 0.5) is 0 Å². The number of rotatable bonds is 19.